The second-order valence-corrected chi connectivity index (χ2v) is 9.14. The Morgan fingerprint density at radius 1 is 0.848 bits per heavy atom. The number of benzene rings is 3. The monoisotopic (exact) mass is 473 g/mol. The molecule has 33 heavy (non-hydrogen) atoms. The standard InChI is InChI=1S/C28H21Cl2NO2/c1-16-4-5-20-12-21(7-6-19(20)10-16)27-14-23(28(32)33-27)13-22-11-17(2)31(18(22)3)24-8-9-25(29)26(30)15-24/h4-15H,1-3H3/b23-13-. The summed E-state index contributed by atoms with van der Waals surface area (Å²) in [6.07, 6.45) is 3.68. The summed E-state index contributed by atoms with van der Waals surface area (Å²) < 4.78 is 7.70. The fraction of sp³-hybridized carbons (Fsp3) is 0.107. The van der Waals surface area contributed by atoms with E-state index in [9.17, 15) is 4.79 Å². The number of aryl methyl sites for hydroxylation is 2. The molecule has 0 atom stereocenters. The minimum absolute atomic E-state index is 0.353. The average molecular weight is 474 g/mol. The van der Waals surface area contributed by atoms with E-state index in [2.05, 4.69) is 35.8 Å². The summed E-state index contributed by atoms with van der Waals surface area (Å²) in [7, 11) is 0. The van der Waals surface area contributed by atoms with Crippen molar-refractivity contribution in [2.24, 2.45) is 0 Å². The molecule has 4 aromatic rings. The van der Waals surface area contributed by atoms with Gasteiger partial charge < -0.3 is 9.30 Å². The highest BCUT2D eigenvalue weighted by atomic mass is 35.5. The molecule has 0 aliphatic carbocycles. The van der Waals surface area contributed by atoms with Crippen molar-refractivity contribution < 1.29 is 9.53 Å². The average Bonchev–Trinajstić information content (AvgIpc) is 3.28. The van der Waals surface area contributed by atoms with Crippen molar-refractivity contribution in [3.63, 3.8) is 0 Å². The lowest BCUT2D eigenvalue weighted by Crippen LogP contribution is -2.00. The van der Waals surface area contributed by atoms with Gasteiger partial charge in [0.15, 0.2) is 0 Å². The van der Waals surface area contributed by atoms with E-state index in [4.69, 9.17) is 27.9 Å². The van der Waals surface area contributed by atoms with Crippen LogP contribution >= 0.6 is 23.2 Å². The molecule has 1 aliphatic rings. The highest BCUT2D eigenvalue weighted by Crippen LogP contribution is 2.32. The van der Waals surface area contributed by atoms with E-state index in [0.29, 0.717) is 21.4 Å². The minimum atomic E-state index is -0.353. The summed E-state index contributed by atoms with van der Waals surface area (Å²) in [6, 6.07) is 20.0. The third-order valence-corrected chi connectivity index (χ3v) is 6.69. The van der Waals surface area contributed by atoms with Crippen molar-refractivity contribution in [2.45, 2.75) is 20.8 Å². The van der Waals surface area contributed by atoms with E-state index in [-0.39, 0.29) is 5.97 Å². The van der Waals surface area contributed by atoms with Gasteiger partial charge in [0.1, 0.15) is 5.76 Å². The lowest BCUT2D eigenvalue weighted by molar-refractivity contribution is -0.130. The van der Waals surface area contributed by atoms with Crippen LogP contribution in [0.1, 0.15) is 28.1 Å². The van der Waals surface area contributed by atoms with Crippen LogP contribution in [0.2, 0.25) is 10.0 Å². The fourth-order valence-corrected chi connectivity index (χ4v) is 4.56. The van der Waals surface area contributed by atoms with Crippen molar-refractivity contribution in [1.29, 1.82) is 0 Å². The zero-order valence-corrected chi connectivity index (χ0v) is 20.0. The highest BCUT2D eigenvalue weighted by Gasteiger charge is 2.23. The van der Waals surface area contributed by atoms with Gasteiger partial charge in [0.25, 0.3) is 0 Å². The first-order valence-corrected chi connectivity index (χ1v) is 11.4. The van der Waals surface area contributed by atoms with Gasteiger partial charge in [0.05, 0.1) is 15.6 Å². The fourth-order valence-electron chi connectivity index (χ4n) is 4.27. The molecule has 1 aliphatic heterocycles. The first-order valence-electron chi connectivity index (χ1n) is 10.6. The van der Waals surface area contributed by atoms with E-state index in [1.807, 2.05) is 56.3 Å². The van der Waals surface area contributed by atoms with Crippen LogP contribution in [0.5, 0.6) is 0 Å². The molecule has 5 heteroatoms. The third-order valence-electron chi connectivity index (χ3n) is 5.95. The topological polar surface area (TPSA) is 31.2 Å². The van der Waals surface area contributed by atoms with Gasteiger partial charge in [-0.3, -0.25) is 0 Å². The molecule has 0 bridgehead atoms. The second kappa shape index (κ2) is 8.26. The van der Waals surface area contributed by atoms with Crippen LogP contribution in [0.15, 0.2) is 72.3 Å². The number of esters is 1. The number of cyclic esters (lactones) is 1. The number of rotatable bonds is 3. The second-order valence-electron chi connectivity index (χ2n) is 8.32. The van der Waals surface area contributed by atoms with Crippen LogP contribution < -0.4 is 0 Å². The Morgan fingerprint density at radius 3 is 2.39 bits per heavy atom. The molecule has 3 nitrogen and oxygen atoms in total. The summed E-state index contributed by atoms with van der Waals surface area (Å²) >= 11 is 12.3. The maximum atomic E-state index is 12.6. The zero-order valence-electron chi connectivity index (χ0n) is 18.4. The van der Waals surface area contributed by atoms with Gasteiger partial charge in [0, 0.05) is 22.6 Å². The molecule has 0 fully saturated rings. The maximum Gasteiger partial charge on any atom is 0.343 e. The number of halogens is 2. The van der Waals surface area contributed by atoms with E-state index in [1.54, 1.807) is 6.07 Å². The molecular weight excluding hydrogens is 453 g/mol. The predicted molar refractivity (Wildman–Crippen MR) is 136 cm³/mol. The van der Waals surface area contributed by atoms with Crippen LogP contribution in [0.3, 0.4) is 0 Å². The van der Waals surface area contributed by atoms with Gasteiger partial charge in [-0.05, 0) is 79.6 Å². The Bertz CT molecular complexity index is 1510. The molecule has 5 rings (SSSR count). The van der Waals surface area contributed by atoms with Gasteiger partial charge in [-0.25, -0.2) is 4.79 Å². The number of nitrogens with zero attached hydrogens (tertiary/aromatic N) is 1. The highest BCUT2D eigenvalue weighted by molar-refractivity contribution is 6.42. The largest absolute Gasteiger partial charge is 0.422 e. The van der Waals surface area contributed by atoms with Gasteiger partial charge in [-0.1, -0.05) is 59.1 Å². The Labute approximate surface area is 202 Å². The van der Waals surface area contributed by atoms with Crippen LogP contribution in [0, 0.1) is 20.8 Å². The van der Waals surface area contributed by atoms with Crippen molar-refractivity contribution >= 4 is 51.8 Å². The molecule has 0 radical (unpaired) electrons. The van der Waals surface area contributed by atoms with Crippen LogP contribution in [0.25, 0.3) is 28.3 Å². The molecule has 164 valence electrons. The summed E-state index contributed by atoms with van der Waals surface area (Å²) in [5, 5.41) is 3.28. The molecule has 2 heterocycles. The van der Waals surface area contributed by atoms with Crippen LogP contribution in [0.4, 0.5) is 0 Å². The van der Waals surface area contributed by atoms with Crippen molar-refractivity contribution in [1.82, 2.24) is 4.57 Å². The normalized spacial score (nSPS) is 14.8. The Balaban J connectivity index is 1.51. The summed E-state index contributed by atoms with van der Waals surface area (Å²) in [5.41, 5.74) is 6.49. The number of carbonyl (C=O) groups excluding carboxylic acids is 1. The van der Waals surface area contributed by atoms with E-state index < -0.39 is 0 Å². The number of aromatic nitrogens is 1. The summed E-state index contributed by atoms with van der Waals surface area (Å²) in [6.45, 7) is 6.10. The third kappa shape index (κ3) is 3.99. The number of ether oxygens (including phenoxy) is 1. The maximum absolute atomic E-state index is 12.6. The van der Waals surface area contributed by atoms with Crippen LogP contribution in [-0.4, -0.2) is 10.5 Å². The molecule has 0 saturated heterocycles. The Morgan fingerprint density at radius 2 is 1.61 bits per heavy atom. The summed E-state index contributed by atoms with van der Waals surface area (Å²) in [5.74, 6) is 0.209. The number of carbonyl (C=O) groups is 1. The lowest BCUT2D eigenvalue weighted by atomic mass is 10.0. The van der Waals surface area contributed by atoms with Gasteiger partial charge in [0.2, 0.25) is 0 Å². The van der Waals surface area contributed by atoms with Crippen molar-refractivity contribution in [2.75, 3.05) is 0 Å². The molecule has 1 aromatic heterocycles. The van der Waals surface area contributed by atoms with E-state index in [0.717, 1.165) is 39.0 Å². The van der Waals surface area contributed by atoms with Crippen molar-refractivity contribution in [3.8, 4) is 5.69 Å². The molecule has 0 N–H and O–H groups in total. The molecule has 3 aromatic carbocycles. The lowest BCUT2D eigenvalue weighted by Gasteiger charge is -2.10. The first kappa shape index (κ1) is 21.6. The number of hydrogen-bond acceptors (Lipinski definition) is 2. The molecule has 0 saturated carbocycles. The smallest absolute Gasteiger partial charge is 0.343 e. The summed E-state index contributed by atoms with van der Waals surface area (Å²) in [4.78, 5) is 12.6. The quantitative estimate of drug-likeness (QED) is 0.224. The number of hydrogen-bond donors (Lipinski definition) is 0. The molecule has 0 amide bonds. The number of fused-ring (bicyclic) bond motifs is 1. The van der Waals surface area contributed by atoms with E-state index in [1.165, 1.54) is 5.56 Å². The predicted octanol–water partition coefficient (Wildman–Crippen LogP) is 7.84. The molecular formula is C28H21Cl2NO2. The zero-order chi connectivity index (χ0) is 23.3. The Hall–Kier alpha value is -3.27. The van der Waals surface area contributed by atoms with E-state index >= 15 is 0 Å². The minimum Gasteiger partial charge on any atom is -0.422 e. The van der Waals surface area contributed by atoms with Crippen LogP contribution in [-0.2, 0) is 9.53 Å². The van der Waals surface area contributed by atoms with Gasteiger partial charge in [-0.15, -0.1) is 0 Å². The van der Waals surface area contributed by atoms with Gasteiger partial charge in [-0.2, -0.15) is 0 Å². The Kier molecular flexibility index (Phi) is 5.40. The first-order chi connectivity index (χ1) is 15.8. The van der Waals surface area contributed by atoms with Gasteiger partial charge >= 0.3 is 5.97 Å². The SMILES string of the molecule is Cc1ccc2cc(C3=C/C(=C/c4cc(C)n(-c5ccc(Cl)c(Cl)c5)c4C)C(=O)O3)ccc2c1. The molecule has 0 unspecified atom stereocenters. The molecule has 0 spiro atoms. The van der Waals surface area contributed by atoms with Crippen molar-refractivity contribution in [3.05, 3.63) is 110 Å².